The van der Waals surface area contributed by atoms with Crippen LogP contribution in [-0.2, 0) is 4.74 Å². The molecule has 0 bridgehead atoms. The Morgan fingerprint density at radius 1 is 1.03 bits per heavy atom. The van der Waals surface area contributed by atoms with Gasteiger partial charge >= 0.3 is 0 Å². The number of nitrogens with one attached hydrogen (secondary N) is 1. The van der Waals surface area contributed by atoms with Crippen LogP contribution in [0.1, 0.15) is 43.7 Å². The lowest BCUT2D eigenvalue weighted by Crippen LogP contribution is -2.50. The Balaban J connectivity index is 1.29. The van der Waals surface area contributed by atoms with Crippen LogP contribution in [0, 0.1) is 5.92 Å². The second kappa shape index (κ2) is 10.4. The minimum absolute atomic E-state index is 0.384. The van der Waals surface area contributed by atoms with Gasteiger partial charge in [-0.1, -0.05) is 24.1 Å². The predicted octanol–water partition coefficient (Wildman–Crippen LogP) is 4.28. The monoisotopic (exact) mass is 412 g/mol. The lowest BCUT2D eigenvalue weighted by atomic mass is 9.85. The average Bonchev–Trinajstić information content (AvgIpc) is 2.80. The van der Waals surface area contributed by atoms with Crippen molar-refractivity contribution in [2.24, 2.45) is 5.92 Å². The quantitative estimate of drug-likeness (QED) is 0.685. The van der Waals surface area contributed by atoms with Gasteiger partial charge in [-0.25, -0.2) is 4.98 Å². The minimum Gasteiger partial charge on any atom is -0.378 e. The standard InChI is InChI=1S/C23H32N4OS/c1-29-26-22-12-15-27(23-7-3-5-14-25-23)16-19(22)17-28-20-10-8-18(9-11-20)21-6-2-4-13-24-21/h2-7,13-14,18-20,22,26H,8-12,15-17H2,1H3/t18?,19-,20?,22?/m0/s1. The molecule has 6 heteroatoms. The van der Waals surface area contributed by atoms with Gasteiger partial charge in [0.25, 0.3) is 0 Å². The van der Waals surface area contributed by atoms with Gasteiger partial charge < -0.3 is 9.64 Å². The molecule has 2 aromatic heterocycles. The van der Waals surface area contributed by atoms with Crippen LogP contribution in [-0.4, -0.2) is 48.1 Å². The Morgan fingerprint density at radius 3 is 2.52 bits per heavy atom. The van der Waals surface area contributed by atoms with E-state index in [0.717, 1.165) is 44.8 Å². The summed E-state index contributed by atoms with van der Waals surface area (Å²) in [5, 5.41) is 0. The molecule has 2 fully saturated rings. The molecule has 3 heterocycles. The molecule has 2 aromatic rings. The minimum atomic E-state index is 0.384. The number of nitrogens with zero attached hydrogens (tertiary/aromatic N) is 3. The molecule has 1 aliphatic carbocycles. The van der Waals surface area contributed by atoms with Gasteiger partial charge in [-0.05, 0) is 62.6 Å². The molecule has 1 N–H and O–H groups in total. The van der Waals surface area contributed by atoms with Crippen LogP contribution in [0.4, 0.5) is 5.82 Å². The SMILES string of the molecule is CSNC1CCN(c2ccccn2)C[C@H]1COC1CCC(c2ccccn2)CC1. The van der Waals surface area contributed by atoms with Crippen molar-refractivity contribution in [2.45, 2.75) is 50.2 Å². The van der Waals surface area contributed by atoms with E-state index in [2.05, 4.69) is 50.1 Å². The summed E-state index contributed by atoms with van der Waals surface area (Å²) >= 11 is 1.72. The molecule has 5 nitrogen and oxygen atoms in total. The van der Waals surface area contributed by atoms with E-state index in [0.29, 0.717) is 24.0 Å². The lowest BCUT2D eigenvalue weighted by molar-refractivity contribution is -0.00215. The van der Waals surface area contributed by atoms with E-state index in [1.807, 2.05) is 24.5 Å². The summed E-state index contributed by atoms with van der Waals surface area (Å²) in [6, 6.07) is 12.9. The fourth-order valence-electron chi connectivity index (χ4n) is 4.66. The fourth-order valence-corrected chi connectivity index (χ4v) is 5.27. The number of hydrogen-bond acceptors (Lipinski definition) is 6. The summed E-state index contributed by atoms with van der Waals surface area (Å²) in [6.45, 7) is 2.86. The molecule has 0 amide bonds. The van der Waals surface area contributed by atoms with E-state index in [9.17, 15) is 0 Å². The number of pyridine rings is 2. The van der Waals surface area contributed by atoms with Gasteiger partial charge in [0.1, 0.15) is 5.82 Å². The normalized spacial score (nSPS) is 27.7. The molecule has 0 radical (unpaired) electrons. The van der Waals surface area contributed by atoms with Gasteiger partial charge in [-0.2, -0.15) is 0 Å². The molecular weight excluding hydrogens is 380 g/mol. The molecule has 2 atom stereocenters. The number of ether oxygens (including phenoxy) is 1. The molecular formula is C23H32N4OS. The van der Waals surface area contributed by atoms with Gasteiger partial charge in [-0.15, -0.1) is 0 Å². The van der Waals surface area contributed by atoms with E-state index in [-0.39, 0.29) is 0 Å². The lowest BCUT2D eigenvalue weighted by Gasteiger charge is -2.40. The van der Waals surface area contributed by atoms with Crippen molar-refractivity contribution in [3.63, 3.8) is 0 Å². The van der Waals surface area contributed by atoms with E-state index in [1.54, 1.807) is 11.9 Å². The highest BCUT2D eigenvalue weighted by atomic mass is 32.2. The van der Waals surface area contributed by atoms with Crippen molar-refractivity contribution < 1.29 is 4.74 Å². The topological polar surface area (TPSA) is 50.3 Å². The van der Waals surface area contributed by atoms with Crippen molar-refractivity contribution in [3.8, 4) is 0 Å². The average molecular weight is 413 g/mol. The maximum absolute atomic E-state index is 6.45. The second-order valence-corrected chi connectivity index (χ2v) is 8.82. The van der Waals surface area contributed by atoms with Crippen LogP contribution in [0.3, 0.4) is 0 Å². The van der Waals surface area contributed by atoms with Crippen molar-refractivity contribution in [1.29, 1.82) is 0 Å². The first-order valence-electron chi connectivity index (χ1n) is 10.8. The largest absolute Gasteiger partial charge is 0.378 e. The first-order valence-corrected chi connectivity index (χ1v) is 12.0. The number of hydrogen-bond donors (Lipinski definition) is 1. The molecule has 2 aliphatic rings. The van der Waals surface area contributed by atoms with Gasteiger partial charge in [0, 0.05) is 49.1 Å². The Bertz CT molecular complexity index is 724. The van der Waals surface area contributed by atoms with Gasteiger partial charge in [0.15, 0.2) is 0 Å². The number of rotatable bonds is 7. The zero-order valence-electron chi connectivity index (χ0n) is 17.2. The summed E-state index contributed by atoms with van der Waals surface area (Å²) in [5.41, 5.74) is 1.24. The third-order valence-electron chi connectivity index (χ3n) is 6.30. The number of aromatic nitrogens is 2. The maximum Gasteiger partial charge on any atom is 0.128 e. The molecule has 0 aromatic carbocycles. The molecule has 4 rings (SSSR count). The van der Waals surface area contributed by atoms with Gasteiger partial charge in [0.05, 0.1) is 12.7 Å². The highest BCUT2D eigenvalue weighted by Gasteiger charge is 2.31. The first kappa shape index (κ1) is 20.6. The van der Waals surface area contributed by atoms with Crippen LogP contribution in [0.5, 0.6) is 0 Å². The smallest absolute Gasteiger partial charge is 0.128 e. The molecule has 1 unspecified atom stereocenters. The van der Waals surface area contributed by atoms with E-state index in [1.165, 1.54) is 18.5 Å². The second-order valence-electron chi connectivity index (χ2n) is 8.17. The third-order valence-corrected chi connectivity index (χ3v) is 6.84. The van der Waals surface area contributed by atoms with E-state index < -0.39 is 0 Å². The molecule has 1 saturated heterocycles. The Labute approximate surface area is 178 Å². The third kappa shape index (κ3) is 5.50. The van der Waals surface area contributed by atoms with E-state index >= 15 is 0 Å². The Hall–Kier alpha value is -1.63. The van der Waals surface area contributed by atoms with Gasteiger partial charge in [0.2, 0.25) is 0 Å². The highest BCUT2D eigenvalue weighted by Crippen LogP contribution is 2.33. The van der Waals surface area contributed by atoms with Crippen LogP contribution in [0.15, 0.2) is 48.8 Å². The summed E-state index contributed by atoms with van der Waals surface area (Å²) < 4.78 is 10.1. The molecule has 1 saturated carbocycles. The van der Waals surface area contributed by atoms with Crippen LogP contribution in [0.2, 0.25) is 0 Å². The molecule has 156 valence electrons. The van der Waals surface area contributed by atoms with Crippen molar-refractivity contribution >= 4 is 17.8 Å². The summed E-state index contributed by atoms with van der Waals surface area (Å²) in [6.07, 6.45) is 12.0. The fraction of sp³-hybridized carbons (Fsp3) is 0.565. The highest BCUT2D eigenvalue weighted by molar-refractivity contribution is 7.96. The first-order chi connectivity index (χ1) is 14.3. The zero-order chi connectivity index (χ0) is 19.9. The van der Waals surface area contributed by atoms with Crippen molar-refractivity contribution in [3.05, 3.63) is 54.5 Å². The number of anilines is 1. The molecule has 29 heavy (non-hydrogen) atoms. The number of piperidine rings is 1. The zero-order valence-corrected chi connectivity index (χ0v) is 18.1. The van der Waals surface area contributed by atoms with Crippen LogP contribution < -0.4 is 9.62 Å². The van der Waals surface area contributed by atoms with Gasteiger partial charge in [-0.3, -0.25) is 9.71 Å². The Morgan fingerprint density at radius 2 is 1.83 bits per heavy atom. The summed E-state index contributed by atoms with van der Waals surface area (Å²) in [7, 11) is 0. The summed E-state index contributed by atoms with van der Waals surface area (Å²) in [5.74, 6) is 2.15. The van der Waals surface area contributed by atoms with Crippen LogP contribution >= 0.6 is 11.9 Å². The molecule has 0 spiro atoms. The maximum atomic E-state index is 6.45. The Kier molecular flexibility index (Phi) is 7.41. The van der Waals surface area contributed by atoms with E-state index in [4.69, 9.17) is 4.74 Å². The summed E-state index contributed by atoms with van der Waals surface area (Å²) in [4.78, 5) is 11.5. The van der Waals surface area contributed by atoms with Crippen molar-refractivity contribution in [1.82, 2.24) is 14.7 Å². The van der Waals surface area contributed by atoms with Crippen LogP contribution in [0.25, 0.3) is 0 Å². The molecule has 1 aliphatic heterocycles. The predicted molar refractivity (Wildman–Crippen MR) is 120 cm³/mol. The van der Waals surface area contributed by atoms with Crippen molar-refractivity contribution in [2.75, 3.05) is 30.9 Å².